The van der Waals surface area contributed by atoms with Crippen LogP contribution in [0.1, 0.15) is 0 Å². The van der Waals surface area contributed by atoms with Gasteiger partial charge in [0.2, 0.25) is 5.55 Å². The molecule has 1 aliphatic heterocycles. The molecule has 40 valence electrons. The van der Waals surface area contributed by atoms with Crippen molar-refractivity contribution < 1.29 is 33.8 Å². The highest BCUT2D eigenvalue weighted by Crippen LogP contribution is 1.89. The van der Waals surface area contributed by atoms with Crippen molar-refractivity contribution in [2.45, 2.75) is 0 Å². The Bertz CT molecular complexity index is 103. The molecule has 0 unspecified atom stereocenters. The molecule has 0 saturated heterocycles. The zero-order chi connectivity index (χ0) is 4.41. The summed E-state index contributed by atoms with van der Waals surface area (Å²) in [7, 11) is 0. The third-order valence-corrected chi connectivity index (χ3v) is 1.23. The fourth-order valence-electron chi connectivity index (χ4n) is 0.266. The fourth-order valence-corrected chi connectivity index (χ4v) is 0.799. The Morgan fingerprint density at radius 2 is 2.57 bits per heavy atom. The average Bonchev–Trinajstić information content (AvgIpc) is 1.86. The van der Waals surface area contributed by atoms with Gasteiger partial charge < -0.3 is 24.0 Å². The molecule has 0 bridgehead atoms. The van der Waals surface area contributed by atoms with E-state index in [1.54, 1.807) is 5.55 Å². The van der Waals surface area contributed by atoms with Gasteiger partial charge in [-0.05, 0) is 0 Å². The summed E-state index contributed by atoms with van der Waals surface area (Å²) in [5.41, 5.74) is 1.70. The normalized spacial score (nSPS) is 16.9. The Hall–Kier alpha value is 0.420. The monoisotopic (exact) mass is 229 g/mol. The maximum absolute atomic E-state index is 10.1. The maximum atomic E-state index is 10.1. The number of carbonyl (C=O) groups is 1. The average molecular weight is 229 g/mol. The van der Waals surface area contributed by atoms with Crippen LogP contribution in [0.4, 0.5) is 0 Å². The molecule has 0 aromatic carbocycles. The van der Waals surface area contributed by atoms with Crippen molar-refractivity contribution in [2.24, 2.45) is 0 Å². The number of carbonyl (C=O) groups excluding carboxylic acids is 1. The van der Waals surface area contributed by atoms with Crippen LogP contribution in [0.3, 0.4) is 0 Å². The van der Waals surface area contributed by atoms with Crippen LogP contribution < -0.4 is 29.0 Å². The van der Waals surface area contributed by atoms with E-state index < -0.39 is 0 Å². The number of nitrogens with one attached hydrogen (secondary N) is 1. The second-order valence-corrected chi connectivity index (χ2v) is 1.85. The van der Waals surface area contributed by atoms with E-state index in [0.29, 0.717) is 5.75 Å². The van der Waals surface area contributed by atoms with Crippen LogP contribution in [0.5, 0.6) is 0 Å². The van der Waals surface area contributed by atoms with Gasteiger partial charge in [0.15, 0.2) is 0 Å². The topological polar surface area (TPSA) is 31.0 Å². The lowest BCUT2D eigenvalue weighted by Gasteiger charge is -1.60. The van der Waals surface area contributed by atoms with Gasteiger partial charge in [0.05, 0.1) is 0 Å². The van der Waals surface area contributed by atoms with E-state index in [1.165, 1.54) is 11.8 Å². The van der Waals surface area contributed by atoms with E-state index in [0.717, 1.165) is 0 Å². The molecule has 1 aliphatic rings. The second-order valence-electron chi connectivity index (χ2n) is 0.996. The molecule has 1 rings (SSSR count). The summed E-state index contributed by atoms with van der Waals surface area (Å²) >= 11 is 1.50. The van der Waals surface area contributed by atoms with Crippen molar-refractivity contribution in [1.29, 1.82) is 0 Å². The molecule has 7 heavy (non-hydrogen) atoms. The summed E-state index contributed by atoms with van der Waals surface area (Å²) in [6.45, 7) is 0. The first-order chi connectivity index (χ1) is 2.89. The first-order valence-electron chi connectivity index (χ1n) is 1.62. The largest absolute Gasteiger partial charge is 1.00 e. The third-order valence-electron chi connectivity index (χ3n) is 0.518. The van der Waals surface area contributed by atoms with Crippen LogP contribution in [0, 0.1) is 0 Å². The van der Waals surface area contributed by atoms with Crippen molar-refractivity contribution >= 4 is 23.2 Å². The van der Waals surface area contributed by atoms with Crippen LogP contribution in [0.2, 0.25) is 0 Å². The van der Waals surface area contributed by atoms with Gasteiger partial charge in [0.25, 0.3) is 0 Å². The Morgan fingerprint density at radius 3 is 2.71 bits per heavy atom. The number of halogens is 1. The first kappa shape index (κ1) is 7.42. The standard InChI is InChI=1S/C3H3NOS.HI/c5-3-1-6-2-4-3;/h2H,1H2;1H. The minimum Gasteiger partial charge on any atom is -1.00 e. The van der Waals surface area contributed by atoms with Crippen LogP contribution in [0.25, 0.3) is 0 Å². The maximum Gasteiger partial charge on any atom is 0.396 e. The molecular formula is C3H4INOS. The highest BCUT2D eigenvalue weighted by atomic mass is 127. The van der Waals surface area contributed by atoms with Crippen molar-refractivity contribution in [3.05, 3.63) is 0 Å². The highest BCUT2D eigenvalue weighted by molar-refractivity contribution is 8.12. The molecule has 0 fully saturated rings. The van der Waals surface area contributed by atoms with Gasteiger partial charge in [-0.3, -0.25) is 0 Å². The minimum absolute atomic E-state index is 0. The van der Waals surface area contributed by atoms with Gasteiger partial charge in [0, 0.05) is 0 Å². The predicted octanol–water partition coefficient (Wildman–Crippen LogP) is -4.63. The predicted molar refractivity (Wildman–Crippen MR) is 24.5 cm³/mol. The highest BCUT2D eigenvalue weighted by Gasteiger charge is 2.09. The van der Waals surface area contributed by atoms with Crippen molar-refractivity contribution in [1.82, 2.24) is 0 Å². The number of thioether (sulfide) groups is 1. The van der Waals surface area contributed by atoms with Crippen LogP contribution >= 0.6 is 11.8 Å². The third kappa shape index (κ3) is 2.28. The zero-order valence-corrected chi connectivity index (χ0v) is 6.45. The molecular weight excluding hydrogens is 225 g/mol. The molecule has 0 radical (unpaired) electrons. The number of hydrogen-bond donors (Lipinski definition) is 1. The molecule has 0 spiro atoms. The van der Waals surface area contributed by atoms with E-state index >= 15 is 0 Å². The van der Waals surface area contributed by atoms with Gasteiger partial charge in [0.1, 0.15) is 5.75 Å². The Labute approximate surface area is 62.8 Å². The lowest BCUT2D eigenvalue weighted by Crippen LogP contribution is -3.00. The number of rotatable bonds is 0. The van der Waals surface area contributed by atoms with Crippen LogP contribution in [-0.4, -0.2) is 17.2 Å². The molecule has 2 nitrogen and oxygen atoms in total. The summed E-state index contributed by atoms with van der Waals surface area (Å²) < 4.78 is 0. The molecule has 1 amide bonds. The lowest BCUT2D eigenvalue weighted by molar-refractivity contribution is -0.364. The fraction of sp³-hybridized carbons (Fsp3) is 0.333. The van der Waals surface area contributed by atoms with Crippen LogP contribution in [0.15, 0.2) is 0 Å². The number of amides is 1. The molecule has 1 heterocycles. The van der Waals surface area contributed by atoms with Gasteiger partial charge >= 0.3 is 5.91 Å². The van der Waals surface area contributed by atoms with E-state index in [9.17, 15) is 4.79 Å². The van der Waals surface area contributed by atoms with Gasteiger partial charge in [-0.2, -0.15) is 4.99 Å². The molecule has 0 aromatic rings. The van der Waals surface area contributed by atoms with Gasteiger partial charge in [-0.1, -0.05) is 11.8 Å². The van der Waals surface area contributed by atoms with Gasteiger partial charge in [-0.25, -0.2) is 4.79 Å². The Kier molecular flexibility index (Phi) is 3.63. The smallest absolute Gasteiger partial charge is 0.396 e. The molecule has 0 aromatic heterocycles. The molecule has 1 N–H and O–H groups in total. The molecule has 0 saturated carbocycles. The zero-order valence-electron chi connectivity index (χ0n) is 3.48. The van der Waals surface area contributed by atoms with Gasteiger partial charge in [-0.15, -0.1) is 0 Å². The summed E-state index contributed by atoms with van der Waals surface area (Å²) in [5, 5.41) is 0. The van der Waals surface area contributed by atoms with Crippen LogP contribution in [-0.2, 0) is 4.79 Å². The summed E-state index contributed by atoms with van der Waals surface area (Å²) in [6, 6.07) is 0. The van der Waals surface area contributed by atoms with Crippen molar-refractivity contribution in [3.63, 3.8) is 0 Å². The summed E-state index contributed by atoms with van der Waals surface area (Å²) in [5.74, 6) is 0.708. The van der Waals surface area contributed by atoms with E-state index in [-0.39, 0.29) is 29.9 Å². The number of hydrogen-bond acceptors (Lipinski definition) is 2. The lowest BCUT2D eigenvalue weighted by atomic mass is 10.8. The minimum atomic E-state index is 0. The second kappa shape index (κ2) is 3.43. The SMILES string of the molecule is O=C1CSC=[NH+]1.[I-]. The van der Waals surface area contributed by atoms with E-state index in [1.807, 2.05) is 0 Å². The Morgan fingerprint density at radius 1 is 1.86 bits per heavy atom. The Balaban J connectivity index is 0.000000360. The summed E-state index contributed by atoms with van der Waals surface area (Å²) in [6.07, 6.45) is 0. The van der Waals surface area contributed by atoms with E-state index in [2.05, 4.69) is 4.99 Å². The van der Waals surface area contributed by atoms with E-state index in [4.69, 9.17) is 0 Å². The molecule has 0 atom stereocenters. The quantitative estimate of drug-likeness (QED) is 0.424. The molecule has 4 heteroatoms. The van der Waals surface area contributed by atoms with Crippen molar-refractivity contribution in [3.8, 4) is 0 Å². The summed E-state index contributed by atoms with van der Waals surface area (Å²) in [4.78, 5) is 12.6. The first-order valence-corrected chi connectivity index (χ1v) is 2.67. The molecule has 0 aliphatic carbocycles. The van der Waals surface area contributed by atoms with Crippen molar-refractivity contribution in [2.75, 3.05) is 5.75 Å².